The molecule has 36 nitrogen and oxygen atoms in total. The van der Waals surface area contributed by atoms with Crippen molar-refractivity contribution in [2.75, 3.05) is 57.5 Å². The van der Waals surface area contributed by atoms with Crippen LogP contribution in [0, 0.1) is 11.6 Å². The minimum atomic E-state index is -2.13. The van der Waals surface area contributed by atoms with Crippen LogP contribution in [0.15, 0.2) is 97.3 Å². The Kier molecular flexibility index (Phi) is 46.5. The molecule has 0 saturated carbocycles. The number of nitrogens with one attached hydrogen (secondary N) is 13. The van der Waals surface area contributed by atoms with Crippen LogP contribution in [0.5, 0.6) is 5.75 Å². The maximum absolute atomic E-state index is 15.5. The van der Waals surface area contributed by atoms with Gasteiger partial charge in [0.05, 0.1) is 19.6 Å². The number of carbonyl (C=O) groups excluding carboxylic acids is 13. The summed E-state index contributed by atoms with van der Waals surface area (Å²) in [5.74, 6) is -13.6. The van der Waals surface area contributed by atoms with E-state index < -0.39 is 180 Å². The standard InChI is InChI=1S/C96H134F2N16O20S2/c1-4-5-6-7-8-9-10-11-12-13-14-15-16-27-82(117)107-75(93(129)130)36-37-81(116)101-42-44-133-45-46-134-95(132)102-41-20-18-26-74-88(124)112-79(49-61-28-32-68(115)33-29-61)92(128)114-43-22-39-96(114,3)94(131)113-80(85(100)121)59-136-58-63-24-21-23-62(48-63)57-135-47-38-83(118)106-73(25-17-19-40-99)87(123)105-60(2)86(122)109-76(50-64-55-103-71-34-30-66(97)52-69(64)71)89(125)110-77(90(126)111-78(54-84(119)120)91(127)108-74)51-65-56-104-72-35-31-67(98)53-70(65)72/h21,23-24,28-35,48,52-53,55-56,60,73-80,103-104,115H,4-20,22,25-27,36-47,49-51,54,57-59,99H2,1-3H3,(H2,100,121)(H,101,116)(H,102,132)(H,105,123)(H,106,118)(H,107,117)(H,108,127)(H,109,122)(H,110,125)(H,111,126)(H,112,124)(H,113,131)(H,119,120)(H,129,130)/t60-,73+,74+,75+,76+,77+,78+,79+,80+,96+/m1/s1. The van der Waals surface area contributed by atoms with Gasteiger partial charge in [-0.1, -0.05) is 120 Å². The van der Waals surface area contributed by atoms with Gasteiger partial charge in [0.15, 0.2) is 0 Å². The summed E-state index contributed by atoms with van der Waals surface area (Å²) in [6.45, 7) is 4.73. The first kappa shape index (κ1) is 109. The van der Waals surface area contributed by atoms with Crippen LogP contribution in [0.2, 0.25) is 0 Å². The number of unbranched alkanes of at least 4 members (excludes halogenated alkanes) is 14. The molecule has 0 radical (unpaired) electrons. The molecular formula is C96H134F2N16O20S2. The number of carboxylic acid groups (broad SMARTS) is 2. The molecule has 10 atom stereocenters. The maximum atomic E-state index is 15.5. The second-order valence-corrected chi connectivity index (χ2v) is 36.9. The number of carboxylic acids is 2. The molecule has 1 saturated heterocycles. The zero-order valence-corrected chi connectivity index (χ0v) is 79.3. The Balaban J connectivity index is 1.01. The molecule has 136 heavy (non-hydrogen) atoms. The second kappa shape index (κ2) is 57.9. The van der Waals surface area contributed by atoms with Crippen molar-refractivity contribution in [3.05, 3.63) is 137 Å². The highest BCUT2D eigenvalue weighted by Gasteiger charge is 2.49. The highest BCUT2D eigenvalue weighted by atomic mass is 32.2. The molecule has 2 bridgehead atoms. The molecule has 1 fully saturated rings. The number of aromatic hydroxyl groups is 1. The number of benzene rings is 4. The smallest absolute Gasteiger partial charge is 0.407 e. The predicted octanol–water partition coefficient (Wildman–Crippen LogP) is 7.46. The zero-order chi connectivity index (χ0) is 98.5. The number of alkyl carbamates (subject to hydrolysis) is 1. The third kappa shape index (κ3) is 37.3. The Hall–Kier alpha value is -11.9. The third-order valence-corrected chi connectivity index (χ3v) is 26.0. The number of nitrogens with zero attached hydrogens (tertiary/aromatic N) is 1. The van der Waals surface area contributed by atoms with Crippen molar-refractivity contribution < 1.29 is 105 Å². The van der Waals surface area contributed by atoms with E-state index in [-0.39, 0.29) is 150 Å². The summed E-state index contributed by atoms with van der Waals surface area (Å²) in [6.07, 6.45) is 15.1. The Morgan fingerprint density at radius 2 is 1.12 bits per heavy atom. The highest BCUT2D eigenvalue weighted by Crippen LogP contribution is 2.32. The lowest BCUT2D eigenvalue weighted by molar-refractivity contribution is -0.147. The first-order chi connectivity index (χ1) is 65.3. The van der Waals surface area contributed by atoms with E-state index in [1.165, 1.54) is 155 Å². The number of fused-ring (bicyclic) bond motifs is 5. The number of hydrogen-bond acceptors (Lipinski definition) is 21. The van der Waals surface area contributed by atoms with Crippen LogP contribution in [0.25, 0.3) is 21.8 Å². The van der Waals surface area contributed by atoms with E-state index in [0.717, 1.165) is 48.9 Å². The first-order valence-corrected chi connectivity index (χ1v) is 49.4. The summed E-state index contributed by atoms with van der Waals surface area (Å²) < 4.78 is 41.1. The molecule has 4 heterocycles. The topological polar surface area (TPSA) is 554 Å². The lowest BCUT2D eigenvalue weighted by Crippen LogP contribution is -2.63. The van der Waals surface area contributed by atoms with Gasteiger partial charge in [-0.3, -0.25) is 62.3 Å². The minimum Gasteiger partial charge on any atom is -0.508 e. The predicted molar refractivity (Wildman–Crippen MR) is 510 cm³/mol. The number of hydrogen-bond donors (Lipinski definition) is 18. The normalized spacial score (nSPS) is 20.5. The van der Waals surface area contributed by atoms with Crippen LogP contribution >= 0.6 is 23.5 Å². The fourth-order valence-electron chi connectivity index (χ4n) is 16.2. The van der Waals surface area contributed by atoms with E-state index in [4.69, 9.17) is 20.9 Å². The van der Waals surface area contributed by atoms with E-state index in [1.54, 1.807) is 0 Å². The molecule has 13 amide bonds. The first-order valence-electron chi connectivity index (χ1n) is 47.1. The number of aromatic nitrogens is 2. The van der Waals surface area contributed by atoms with Gasteiger partial charge in [0.25, 0.3) is 0 Å². The number of thioether (sulfide) groups is 2. The van der Waals surface area contributed by atoms with Gasteiger partial charge in [-0.05, 0) is 161 Å². The minimum absolute atomic E-state index is 0.00349. The molecule has 0 aliphatic carbocycles. The van der Waals surface area contributed by atoms with Gasteiger partial charge in [-0.15, -0.1) is 0 Å². The molecule has 744 valence electrons. The number of aliphatic carboxylic acids is 2. The Labute approximate surface area is 798 Å². The lowest BCUT2D eigenvalue weighted by Gasteiger charge is -2.37. The van der Waals surface area contributed by atoms with Gasteiger partial charge in [0.2, 0.25) is 70.9 Å². The van der Waals surface area contributed by atoms with Gasteiger partial charge < -0.3 is 110 Å². The number of phenolic OH excluding ortho intramolecular Hbond substituents is 1. The van der Waals surface area contributed by atoms with E-state index in [2.05, 4.69) is 75.4 Å². The molecule has 20 N–H and O–H groups in total. The fourth-order valence-corrected chi connectivity index (χ4v) is 18.1. The summed E-state index contributed by atoms with van der Waals surface area (Å²) in [7, 11) is 0. The summed E-state index contributed by atoms with van der Waals surface area (Å²) in [5.41, 5.74) is 13.5. The quantitative estimate of drug-likeness (QED) is 0.0165. The van der Waals surface area contributed by atoms with E-state index >= 15 is 32.8 Å². The average molecular weight is 1930 g/mol. The van der Waals surface area contributed by atoms with Crippen LogP contribution in [0.1, 0.15) is 216 Å². The summed E-state index contributed by atoms with van der Waals surface area (Å²) >= 11 is 2.74. The van der Waals surface area contributed by atoms with Crippen molar-refractivity contribution in [3.8, 4) is 5.75 Å². The Morgan fingerprint density at radius 3 is 1.73 bits per heavy atom. The SMILES string of the molecule is CCCCCCCCCCCCCCCC(=O)N[C@@H](CCC(=O)NCCOCCOC(=O)NCCCC[C@@H]1NC(=O)[C@H](CC(=O)O)NC(=O)[C@H](Cc2c[nH]c3ccc(F)cc23)NC(=O)[C@H](Cc2c[nH]c3ccc(F)cc23)NC(=O)[C@@H](C)NC(=O)[C@H](CCCCN)NC(=O)CCSCc2cccc(c2)CSC[C@@H](C(N)=O)NC(=O)[C@]2(C)CCCN2C(=O)[C@H](Cc2ccc(O)cc2)NC1=O)C(=O)O. The van der Waals surface area contributed by atoms with E-state index in [0.29, 0.717) is 53.1 Å². The molecule has 0 spiro atoms. The largest absolute Gasteiger partial charge is 0.508 e. The van der Waals surface area contributed by atoms with Crippen molar-refractivity contribution >= 4 is 134 Å². The van der Waals surface area contributed by atoms with Gasteiger partial charge >= 0.3 is 18.0 Å². The Morgan fingerprint density at radius 1 is 0.574 bits per heavy atom. The fraction of sp³-hybridized carbons (Fsp3) is 0.552. The Bertz CT molecular complexity index is 4990. The number of nitrogens with two attached hydrogens (primary N) is 2. The molecule has 8 rings (SSSR count). The van der Waals surface area contributed by atoms with Crippen molar-refractivity contribution in [1.82, 2.24) is 73.4 Å². The van der Waals surface area contributed by atoms with E-state index in [1.807, 2.05) is 24.3 Å². The second-order valence-electron chi connectivity index (χ2n) is 34.8. The van der Waals surface area contributed by atoms with Gasteiger partial charge in [-0.2, -0.15) is 23.5 Å². The number of halogens is 2. The van der Waals surface area contributed by atoms with Gasteiger partial charge in [0.1, 0.15) is 83.9 Å². The monoisotopic (exact) mass is 1930 g/mol. The molecule has 2 aromatic heterocycles. The van der Waals surface area contributed by atoms with Crippen molar-refractivity contribution in [1.29, 1.82) is 0 Å². The van der Waals surface area contributed by atoms with Crippen molar-refractivity contribution in [2.45, 2.75) is 278 Å². The molecule has 4 aromatic carbocycles. The summed E-state index contributed by atoms with van der Waals surface area (Å²) in [4.78, 5) is 218. The zero-order valence-electron chi connectivity index (χ0n) is 77.7. The molecular weight excluding hydrogens is 1800 g/mol. The molecule has 2 aliphatic heterocycles. The number of phenols is 1. The number of H-pyrrole nitrogens is 2. The van der Waals surface area contributed by atoms with Crippen LogP contribution in [-0.4, -0.2) is 237 Å². The molecule has 40 heteroatoms. The highest BCUT2D eigenvalue weighted by molar-refractivity contribution is 7.98. The number of aromatic amines is 2. The molecule has 2 aliphatic rings. The van der Waals surface area contributed by atoms with Crippen LogP contribution < -0.4 is 70.0 Å². The number of ether oxygens (including phenoxy) is 2. The van der Waals surface area contributed by atoms with Crippen molar-refractivity contribution in [2.24, 2.45) is 11.5 Å². The van der Waals surface area contributed by atoms with E-state index in [9.17, 15) is 63.3 Å². The van der Waals surface area contributed by atoms with Crippen molar-refractivity contribution in [3.63, 3.8) is 0 Å². The van der Waals surface area contributed by atoms with Crippen LogP contribution in [0.4, 0.5) is 13.6 Å². The third-order valence-electron chi connectivity index (χ3n) is 23.9. The number of carbonyl (C=O) groups is 15. The lowest BCUT2D eigenvalue weighted by atomic mass is 9.95. The summed E-state index contributed by atoms with van der Waals surface area (Å²) in [6, 6.07) is 6.50. The molecule has 0 unspecified atom stereocenters. The number of amides is 13. The van der Waals surface area contributed by atoms with Crippen LogP contribution in [0.3, 0.4) is 0 Å². The summed E-state index contributed by atoms with van der Waals surface area (Å²) in [5, 5.41) is 60.2. The average Bonchev–Trinajstić information content (AvgIpc) is 1.63. The maximum Gasteiger partial charge on any atom is 0.407 e. The van der Waals surface area contributed by atoms with Crippen LogP contribution in [-0.2, 0) is 107 Å². The van der Waals surface area contributed by atoms with Gasteiger partial charge in [-0.25, -0.2) is 18.4 Å². The number of primary amides is 1. The molecule has 6 aromatic rings. The number of rotatable bonds is 43. The van der Waals surface area contributed by atoms with Gasteiger partial charge in [0, 0.05) is 115 Å².